The molecule has 1 atom stereocenters. The van der Waals surface area contributed by atoms with Gasteiger partial charge in [0.1, 0.15) is 5.82 Å². The van der Waals surface area contributed by atoms with Gasteiger partial charge in [-0.2, -0.15) is 0 Å². The molecule has 2 aromatic rings. The number of para-hydroxylation sites is 1. The lowest BCUT2D eigenvalue weighted by Gasteiger charge is -2.39. The number of urea groups is 1. The summed E-state index contributed by atoms with van der Waals surface area (Å²) in [4.78, 5) is 31.6. The maximum Gasteiger partial charge on any atom is 0.321 e. The van der Waals surface area contributed by atoms with E-state index in [0.29, 0.717) is 37.7 Å². The molecule has 2 heterocycles. The van der Waals surface area contributed by atoms with Crippen LogP contribution in [0.3, 0.4) is 0 Å². The van der Waals surface area contributed by atoms with Gasteiger partial charge in [-0.15, -0.1) is 0 Å². The minimum atomic E-state index is -0.340. The van der Waals surface area contributed by atoms with Gasteiger partial charge in [0.05, 0.1) is 5.92 Å². The van der Waals surface area contributed by atoms with Crippen LogP contribution in [0, 0.1) is 11.7 Å². The smallest absolute Gasteiger partial charge is 0.321 e. The maximum atomic E-state index is 13.3. The Balaban J connectivity index is 1.27. The van der Waals surface area contributed by atoms with Crippen LogP contribution in [-0.2, 0) is 11.3 Å². The van der Waals surface area contributed by atoms with E-state index >= 15 is 0 Å². The monoisotopic (exact) mass is 458 g/mol. The second kappa shape index (κ2) is 10.3. The predicted molar refractivity (Wildman–Crippen MR) is 123 cm³/mol. The third-order valence-corrected chi connectivity index (χ3v) is 6.53. The summed E-state index contributed by atoms with van der Waals surface area (Å²) >= 11 is 6.15. The predicted octanol–water partition coefficient (Wildman–Crippen LogP) is 4.07. The number of amides is 3. The molecule has 3 amide bonds. The molecule has 0 spiro atoms. The van der Waals surface area contributed by atoms with Crippen LogP contribution < -0.4 is 5.32 Å². The average molecular weight is 459 g/mol. The van der Waals surface area contributed by atoms with E-state index in [4.69, 9.17) is 11.6 Å². The lowest BCUT2D eigenvalue weighted by atomic mass is 9.96. The van der Waals surface area contributed by atoms with Crippen LogP contribution >= 0.6 is 11.6 Å². The molecule has 0 radical (unpaired) electrons. The molecule has 2 fully saturated rings. The topological polar surface area (TPSA) is 55.9 Å². The van der Waals surface area contributed by atoms with Gasteiger partial charge in [-0.1, -0.05) is 35.9 Å². The van der Waals surface area contributed by atoms with Crippen molar-refractivity contribution in [3.05, 3.63) is 64.9 Å². The minimum absolute atomic E-state index is 0.127. The minimum Gasteiger partial charge on any atom is -0.340 e. The first-order valence-electron chi connectivity index (χ1n) is 11.1. The molecule has 6 nitrogen and oxygen atoms in total. The number of carbonyl (C=O) groups is 2. The summed E-state index contributed by atoms with van der Waals surface area (Å²) in [6, 6.07) is 13.7. The van der Waals surface area contributed by atoms with Crippen molar-refractivity contribution in [3.63, 3.8) is 0 Å². The molecule has 0 bridgehead atoms. The highest BCUT2D eigenvalue weighted by molar-refractivity contribution is 6.31. The Kier molecular flexibility index (Phi) is 7.27. The highest BCUT2D eigenvalue weighted by atomic mass is 35.5. The van der Waals surface area contributed by atoms with Gasteiger partial charge in [0.25, 0.3) is 0 Å². The Bertz CT molecular complexity index is 950. The Hall–Kier alpha value is -2.64. The second-order valence-corrected chi connectivity index (χ2v) is 8.83. The SMILES string of the molecule is O=C(Nc1ccccc1)N1CCCC(C(=O)N2CCN(Cc3ccc(F)cc3Cl)CC2)C1. The zero-order valence-corrected chi connectivity index (χ0v) is 18.7. The van der Waals surface area contributed by atoms with Gasteiger partial charge in [0.2, 0.25) is 5.91 Å². The van der Waals surface area contributed by atoms with Gasteiger partial charge in [0, 0.05) is 56.5 Å². The number of nitrogens with zero attached hydrogens (tertiary/aromatic N) is 3. The van der Waals surface area contributed by atoms with E-state index < -0.39 is 0 Å². The highest BCUT2D eigenvalue weighted by Gasteiger charge is 2.32. The highest BCUT2D eigenvalue weighted by Crippen LogP contribution is 2.23. The first-order valence-corrected chi connectivity index (χ1v) is 11.4. The molecule has 8 heteroatoms. The summed E-state index contributed by atoms with van der Waals surface area (Å²) in [6.45, 7) is 4.51. The largest absolute Gasteiger partial charge is 0.340 e. The summed E-state index contributed by atoms with van der Waals surface area (Å²) in [6.07, 6.45) is 1.63. The van der Waals surface area contributed by atoms with E-state index in [1.165, 1.54) is 12.1 Å². The van der Waals surface area contributed by atoms with E-state index in [1.807, 2.05) is 35.2 Å². The zero-order valence-electron chi connectivity index (χ0n) is 18.0. The van der Waals surface area contributed by atoms with Crippen molar-refractivity contribution in [2.24, 2.45) is 5.92 Å². The maximum absolute atomic E-state index is 13.3. The Labute approximate surface area is 192 Å². The summed E-state index contributed by atoms with van der Waals surface area (Å²) in [5.41, 5.74) is 1.64. The Morgan fingerprint density at radius 3 is 2.47 bits per heavy atom. The number of nitrogens with one attached hydrogen (secondary N) is 1. The molecule has 0 aliphatic carbocycles. The number of anilines is 1. The van der Waals surface area contributed by atoms with Crippen molar-refractivity contribution in [2.45, 2.75) is 19.4 Å². The lowest BCUT2D eigenvalue weighted by Crippen LogP contribution is -2.53. The molecule has 2 aromatic carbocycles. The number of benzene rings is 2. The first kappa shape index (κ1) is 22.6. The zero-order chi connectivity index (χ0) is 22.5. The molecule has 2 aliphatic heterocycles. The van der Waals surface area contributed by atoms with Crippen molar-refractivity contribution in [3.8, 4) is 0 Å². The Morgan fingerprint density at radius 1 is 1.00 bits per heavy atom. The molecule has 170 valence electrons. The van der Waals surface area contributed by atoms with Gasteiger partial charge >= 0.3 is 6.03 Å². The van der Waals surface area contributed by atoms with E-state index in [1.54, 1.807) is 11.0 Å². The molecule has 0 saturated carbocycles. The normalized spacial score (nSPS) is 19.6. The molecule has 32 heavy (non-hydrogen) atoms. The summed E-state index contributed by atoms with van der Waals surface area (Å²) in [5.74, 6) is -0.377. The van der Waals surface area contributed by atoms with Crippen molar-refractivity contribution in [1.29, 1.82) is 0 Å². The number of hydrogen-bond donors (Lipinski definition) is 1. The fourth-order valence-electron chi connectivity index (χ4n) is 4.36. The molecule has 1 unspecified atom stereocenters. The van der Waals surface area contributed by atoms with Crippen molar-refractivity contribution < 1.29 is 14.0 Å². The average Bonchev–Trinajstić information content (AvgIpc) is 2.81. The number of carbonyl (C=O) groups excluding carboxylic acids is 2. The second-order valence-electron chi connectivity index (χ2n) is 8.42. The third kappa shape index (κ3) is 5.58. The van der Waals surface area contributed by atoms with Gasteiger partial charge < -0.3 is 15.1 Å². The molecular weight excluding hydrogens is 431 g/mol. The van der Waals surface area contributed by atoms with Crippen molar-refractivity contribution in [2.75, 3.05) is 44.6 Å². The van der Waals surface area contributed by atoms with Crippen LogP contribution in [0.2, 0.25) is 5.02 Å². The van der Waals surface area contributed by atoms with E-state index in [-0.39, 0.29) is 23.7 Å². The van der Waals surface area contributed by atoms with Crippen LogP contribution in [-0.4, -0.2) is 65.9 Å². The number of halogens is 2. The van der Waals surface area contributed by atoms with Crippen LogP contribution in [0.5, 0.6) is 0 Å². The molecule has 0 aromatic heterocycles. The van der Waals surface area contributed by atoms with E-state index in [9.17, 15) is 14.0 Å². The summed E-state index contributed by atoms with van der Waals surface area (Å²) < 4.78 is 13.3. The number of rotatable bonds is 4. The summed E-state index contributed by atoms with van der Waals surface area (Å²) in [5, 5.41) is 3.34. The molecule has 4 rings (SSSR count). The fourth-order valence-corrected chi connectivity index (χ4v) is 4.59. The lowest BCUT2D eigenvalue weighted by molar-refractivity contribution is -0.138. The van der Waals surface area contributed by atoms with Crippen LogP contribution in [0.1, 0.15) is 18.4 Å². The molecule has 1 N–H and O–H groups in total. The number of likely N-dealkylation sites (tertiary alicyclic amines) is 1. The summed E-state index contributed by atoms with van der Waals surface area (Å²) in [7, 11) is 0. The number of hydrogen-bond acceptors (Lipinski definition) is 3. The Morgan fingerprint density at radius 2 is 1.75 bits per heavy atom. The van der Waals surface area contributed by atoms with Crippen molar-refractivity contribution in [1.82, 2.24) is 14.7 Å². The van der Waals surface area contributed by atoms with Crippen LogP contribution in [0.4, 0.5) is 14.9 Å². The van der Waals surface area contributed by atoms with Gasteiger partial charge in [0.15, 0.2) is 0 Å². The number of piperazine rings is 1. The van der Waals surface area contributed by atoms with Crippen LogP contribution in [0.25, 0.3) is 0 Å². The van der Waals surface area contributed by atoms with Gasteiger partial charge in [-0.05, 0) is 42.7 Å². The molecular formula is C24H28ClFN4O2. The van der Waals surface area contributed by atoms with E-state index in [2.05, 4.69) is 10.2 Å². The van der Waals surface area contributed by atoms with Crippen molar-refractivity contribution >= 4 is 29.2 Å². The van der Waals surface area contributed by atoms with Gasteiger partial charge in [-0.25, -0.2) is 9.18 Å². The van der Waals surface area contributed by atoms with Crippen LogP contribution in [0.15, 0.2) is 48.5 Å². The molecule has 2 aliphatic rings. The molecule has 2 saturated heterocycles. The first-order chi connectivity index (χ1) is 15.5. The standard InChI is InChI=1S/C24H28ClFN4O2/c25-22-15-20(26)9-8-18(22)16-28-11-13-29(14-12-28)23(31)19-5-4-10-30(17-19)24(32)27-21-6-2-1-3-7-21/h1-3,6-9,15,19H,4-5,10-14,16-17H2,(H,27,32). The fraction of sp³-hybridized carbons (Fsp3) is 0.417. The van der Waals surface area contributed by atoms with Gasteiger partial charge in [-0.3, -0.25) is 9.69 Å². The third-order valence-electron chi connectivity index (χ3n) is 6.18. The van der Waals surface area contributed by atoms with E-state index in [0.717, 1.165) is 37.2 Å². The number of piperidine rings is 1. The quantitative estimate of drug-likeness (QED) is 0.751.